The molecular formula is C13H21N3O2. The van der Waals surface area contributed by atoms with Crippen LogP contribution < -0.4 is 5.32 Å². The van der Waals surface area contributed by atoms with Gasteiger partial charge in [0.25, 0.3) is 5.91 Å². The Kier molecular flexibility index (Phi) is 4.36. The molecule has 2 rings (SSSR count). The molecule has 18 heavy (non-hydrogen) atoms. The second-order valence-corrected chi connectivity index (χ2v) is 4.80. The van der Waals surface area contributed by atoms with Crippen LogP contribution in [0.5, 0.6) is 0 Å². The van der Waals surface area contributed by atoms with E-state index in [9.17, 15) is 4.79 Å². The Balaban J connectivity index is 2.16. The fraction of sp³-hybridized carbons (Fsp3) is 0.692. The molecule has 1 saturated heterocycles. The number of hydrogen-bond acceptors (Lipinski definition) is 4. The summed E-state index contributed by atoms with van der Waals surface area (Å²) in [5.41, 5.74) is 1.36. The number of nitrogens with one attached hydrogen (secondary N) is 1. The molecule has 5 nitrogen and oxygen atoms in total. The fourth-order valence-corrected chi connectivity index (χ4v) is 2.37. The zero-order valence-electron chi connectivity index (χ0n) is 11.2. The zero-order valence-corrected chi connectivity index (χ0v) is 11.2. The normalized spacial score (nSPS) is 16.7. The van der Waals surface area contributed by atoms with Crippen molar-refractivity contribution in [3.05, 3.63) is 17.0 Å². The number of amides is 1. The maximum atomic E-state index is 12.4. The first-order valence-electron chi connectivity index (χ1n) is 6.63. The van der Waals surface area contributed by atoms with Crippen molar-refractivity contribution in [2.75, 3.05) is 20.1 Å². The highest BCUT2D eigenvalue weighted by atomic mass is 16.5. The molecular weight excluding hydrogens is 230 g/mol. The Labute approximate surface area is 108 Å². The van der Waals surface area contributed by atoms with Gasteiger partial charge in [-0.2, -0.15) is 0 Å². The van der Waals surface area contributed by atoms with Crippen molar-refractivity contribution in [1.82, 2.24) is 15.4 Å². The van der Waals surface area contributed by atoms with Crippen LogP contribution in [0.15, 0.2) is 4.52 Å². The molecule has 1 fully saturated rings. The van der Waals surface area contributed by atoms with Crippen LogP contribution in [-0.2, 0) is 6.54 Å². The summed E-state index contributed by atoms with van der Waals surface area (Å²) in [6.45, 7) is 4.14. The maximum Gasteiger partial charge on any atom is 0.276 e. The molecule has 1 aromatic heterocycles. The average molecular weight is 251 g/mol. The van der Waals surface area contributed by atoms with E-state index in [1.54, 1.807) is 0 Å². The summed E-state index contributed by atoms with van der Waals surface area (Å²) in [5, 5.41) is 6.98. The molecule has 0 saturated carbocycles. The molecule has 1 N–H and O–H groups in total. The number of carbonyl (C=O) groups is 1. The standard InChI is InChI=1S/C13H21N3O2/c1-10-11(9-14-2)12(15-18-10)13(17)16-7-5-3-4-6-8-16/h14H,3-9H2,1-2H3. The fourth-order valence-electron chi connectivity index (χ4n) is 2.37. The van der Waals surface area contributed by atoms with Crippen LogP contribution in [0.3, 0.4) is 0 Å². The predicted octanol–water partition coefficient (Wildman–Crippen LogP) is 1.72. The lowest BCUT2D eigenvalue weighted by Gasteiger charge is -2.19. The smallest absolute Gasteiger partial charge is 0.276 e. The van der Waals surface area contributed by atoms with Crippen LogP contribution in [-0.4, -0.2) is 36.1 Å². The second-order valence-electron chi connectivity index (χ2n) is 4.80. The monoisotopic (exact) mass is 251 g/mol. The van der Waals surface area contributed by atoms with E-state index >= 15 is 0 Å². The number of aryl methyl sites for hydroxylation is 1. The molecule has 1 aliphatic heterocycles. The van der Waals surface area contributed by atoms with Crippen molar-refractivity contribution in [3.63, 3.8) is 0 Å². The summed E-state index contributed by atoms with van der Waals surface area (Å²) >= 11 is 0. The minimum atomic E-state index is 0.0130. The number of rotatable bonds is 3. The lowest BCUT2D eigenvalue weighted by atomic mass is 10.1. The van der Waals surface area contributed by atoms with E-state index < -0.39 is 0 Å². The van der Waals surface area contributed by atoms with Gasteiger partial charge in [0.15, 0.2) is 5.69 Å². The molecule has 0 aliphatic carbocycles. The summed E-state index contributed by atoms with van der Waals surface area (Å²) < 4.78 is 5.15. The number of nitrogens with zero attached hydrogens (tertiary/aromatic N) is 2. The van der Waals surface area contributed by atoms with Crippen LogP contribution in [0.1, 0.15) is 47.5 Å². The number of aromatic nitrogens is 1. The van der Waals surface area contributed by atoms with Crippen molar-refractivity contribution in [1.29, 1.82) is 0 Å². The molecule has 1 amide bonds. The van der Waals surface area contributed by atoms with Crippen LogP contribution in [0.4, 0.5) is 0 Å². The third-order valence-electron chi connectivity index (χ3n) is 3.43. The SMILES string of the molecule is CNCc1c(C(=O)N2CCCCCC2)noc1C. The Hall–Kier alpha value is -1.36. The van der Waals surface area contributed by atoms with Crippen LogP contribution >= 0.6 is 0 Å². The lowest BCUT2D eigenvalue weighted by Crippen LogP contribution is -2.33. The van der Waals surface area contributed by atoms with E-state index in [1.165, 1.54) is 12.8 Å². The summed E-state index contributed by atoms with van der Waals surface area (Å²) in [7, 11) is 1.85. The van der Waals surface area contributed by atoms with Gasteiger partial charge in [-0.25, -0.2) is 0 Å². The Morgan fingerprint density at radius 2 is 2.00 bits per heavy atom. The molecule has 0 unspecified atom stereocenters. The van der Waals surface area contributed by atoms with Gasteiger partial charge in [-0.05, 0) is 26.8 Å². The topological polar surface area (TPSA) is 58.4 Å². The molecule has 1 aromatic rings. The van der Waals surface area contributed by atoms with Crippen LogP contribution in [0.25, 0.3) is 0 Å². The predicted molar refractivity (Wildman–Crippen MR) is 68.4 cm³/mol. The van der Waals surface area contributed by atoms with Crippen molar-refractivity contribution in [2.45, 2.75) is 39.2 Å². The number of hydrogen-bond donors (Lipinski definition) is 1. The van der Waals surface area contributed by atoms with Gasteiger partial charge >= 0.3 is 0 Å². The van der Waals surface area contributed by atoms with E-state index in [4.69, 9.17) is 4.52 Å². The molecule has 0 aromatic carbocycles. The highest BCUT2D eigenvalue weighted by Gasteiger charge is 2.24. The molecule has 5 heteroatoms. The maximum absolute atomic E-state index is 12.4. The Morgan fingerprint density at radius 1 is 1.33 bits per heavy atom. The van der Waals surface area contributed by atoms with Crippen molar-refractivity contribution in [3.8, 4) is 0 Å². The minimum absolute atomic E-state index is 0.0130. The van der Waals surface area contributed by atoms with Gasteiger partial charge < -0.3 is 14.7 Å². The van der Waals surface area contributed by atoms with Gasteiger partial charge in [0, 0.05) is 25.2 Å². The summed E-state index contributed by atoms with van der Waals surface area (Å²) in [4.78, 5) is 14.3. The minimum Gasteiger partial charge on any atom is -0.361 e. The van der Waals surface area contributed by atoms with Crippen molar-refractivity contribution >= 4 is 5.91 Å². The van der Waals surface area contributed by atoms with Gasteiger partial charge in [-0.3, -0.25) is 4.79 Å². The molecule has 100 valence electrons. The largest absolute Gasteiger partial charge is 0.361 e. The molecule has 2 heterocycles. The van der Waals surface area contributed by atoms with Gasteiger partial charge in [0.1, 0.15) is 5.76 Å². The van der Waals surface area contributed by atoms with Crippen molar-refractivity contribution in [2.24, 2.45) is 0 Å². The lowest BCUT2D eigenvalue weighted by molar-refractivity contribution is 0.0750. The van der Waals surface area contributed by atoms with Gasteiger partial charge in [0.2, 0.25) is 0 Å². The van der Waals surface area contributed by atoms with Crippen LogP contribution in [0.2, 0.25) is 0 Å². The molecule has 1 aliphatic rings. The van der Waals surface area contributed by atoms with Gasteiger partial charge in [-0.1, -0.05) is 18.0 Å². The summed E-state index contributed by atoms with van der Waals surface area (Å²) in [5.74, 6) is 0.738. The van der Waals surface area contributed by atoms with Crippen LogP contribution in [0, 0.1) is 6.92 Å². The summed E-state index contributed by atoms with van der Waals surface area (Å²) in [6, 6.07) is 0. The molecule has 0 bridgehead atoms. The van der Waals surface area contributed by atoms with E-state index in [-0.39, 0.29) is 5.91 Å². The Morgan fingerprint density at radius 3 is 2.61 bits per heavy atom. The van der Waals surface area contributed by atoms with Gasteiger partial charge in [-0.15, -0.1) is 0 Å². The highest BCUT2D eigenvalue weighted by molar-refractivity contribution is 5.93. The molecule has 0 radical (unpaired) electrons. The first kappa shape index (κ1) is 13.1. The Bertz CT molecular complexity index is 406. The first-order valence-corrected chi connectivity index (χ1v) is 6.63. The van der Waals surface area contributed by atoms with Gasteiger partial charge in [0.05, 0.1) is 0 Å². The number of carbonyl (C=O) groups excluding carboxylic acids is 1. The average Bonchev–Trinajstić information content (AvgIpc) is 2.59. The number of likely N-dealkylation sites (tertiary alicyclic amines) is 1. The highest BCUT2D eigenvalue weighted by Crippen LogP contribution is 2.18. The second kappa shape index (κ2) is 6.00. The van der Waals surface area contributed by atoms with E-state index in [0.29, 0.717) is 12.2 Å². The third kappa shape index (κ3) is 2.72. The third-order valence-corrected chi connectivity index (χ3v) is 3.43. The quantitative estimate of drug-likeness (QED) is 0.888. The van der Waals surface area contributed by atoms with Crippen molar-refractivity contribution < 1.29 is 9.32 Å². The summed E-state index contributed by atoms with van der Waals surface area (Å²) in [6.07, 6.45) is 4.60. The van der Waals surface area contributed by atoms with E-state index in [1.807, 2.05) is 18.9 Å². The van der Waals surface area contributed by atoms with E-state index in [2.05, 4.69) is 10.5 Å². The molecule has 0 atom stereocenters. The first-order chi connectivity index (χ1) is 8.74. The zero-order chi connectivity index (χ0) is 13.0. The molecule has 0 spiro atoms. The van der Waals surface area contributed by atoms with E-state index in [0.717, 1.165) is 37.3 Å².